The summed E-state index contributed by atoms with van der Waals surface area (Å²) in [5.41, 5.74) is 2.70. The van der Waals surface area contributed by atoms with E-state index in [2.05, 4.69) is 0 Å². The zero-order valence-corrected chi connectivity index (χ0v) is 11.4. The molecule has 3 heterocycles. The number of imide groups is 1. The molecule has 1 aromatic carbocycles. The summed E-state index contributed by atoms with van der Waals surface area (Å²) in [6, 6.07) is 5.84. The number of anilines is 1. The van der Waals surface area contributed by atoms with Crippen molar-refractivity contribution in [2.75, 3.05) is 4.90 Å². The number of ether oxygens (including phenoxy) is 1. The standard InChI is InChI=1S/C16H15NO3/c1-8-3-4-9(2)10(7-8)17-15(18)13-11-5-6-12(20-11)14(13)16(17)19/h3-7,11-14H,1-2H3. The Hall–Kier alpha value is -1.94. The van der Waals surface area contributed by atoms with Gasteiger partial charge in [0.1, 0.15) is 0 Å². The third-order valence-corrected chi connectivity index (χ3v) is 4.52. The fraction of sp³-hybridized carbons (Fsp3) is 0.375. The van der Waals surface area contributed by atoms with Crippen molar-refractivity contribution >= 4 is 17.5 Å². The van der Waals surface area contributed by atoms with Gasteiger partial charge in [0, 0.05) is 0 Å². The van der Waals surface area contributed by atoms with Gasteiger partial charge >= 0.3 is 0 Å². The molecular weight excluding hydrogens is 254 g/mol. The van der Waals surface area contributed by atoms with Crippen molar-refractivity contribution in [3.63, 3.8) is 0 Å². The van der Waals surface area contributed by atoms with Gasteiger partial charge in [0.2, 0.25) is 11.8 Å². The van der Waals surface area contributed by atoms with Gasteiger partial charge in [0.05, 0.1) is 29.7 Å². The summed E-state index contributed by atoms with van der Waals surface area (Å²) in [4.78, 5) is 26.7. The third-order valence-electron chi connectivity index (χ3n) is 4.52. The second kappa shape index (κ2) is 3.79. The van der Waals surface area contributed by atoms with E-state index in [1.54, 1.807) is 0 Å². The molecule has 3 aliphatic rings. The van der Waals surface area contributed by atoms with Crippen molar-refractivity contribution in [1.29, 1.82) is 0 Å². The van der Waals surface area contributed by atoms with Crippen molar-refractivity contribution in [2.45, 2.75) is 26.1 Å². The molecular formula is C16H15NO3. The Balaban J connectivity index is 1.80. The number of rotatable bonds is 1. The van der Waals surface area contributed by atoms with Crippen molar-refractivity contribution in [3.05, 3.63) is 41.5 Å². The van der Waals surface area contributed by atoms with Crippen LogP contribution in [0.25, 0.3) is 0 Å². The van der Waals surface area contributed by atoms with E-state index >= 15 is 0 Å². The highest BCUT2D eigenvalue weighted by atomic mass is 16.5. The zero-order valence-electron chi connectivity index (χ0n) is 11.4. The number of carbonyl (C=O) groups is 2. The van der Waals surface area contributed by atoms with E-state index in [0.29, 0.717) is 5.69 Å². The molecule has 20 heavy (non-hydrogen) atoms. The zero-order chi connectivity index (χ0) is 14.0. The highest BCUT2D eigenvalue weighted by molar-refractivity contribution is 6.23. The maximum atomic E-state index is 12.6. The highest BCUT2D eigenvalue weighted by Gasteiger charge is 2.61. The molecule has 4 nitrogen and oxygen atoms in total. The lowest BCUT2D eigenvalue weighted by Crippen LogP contribution is -2.34. The van der Waals surface area contributed by atoms with Crippen LogP contribution in [0, 0.1) is 25.7 Å². The van der Waals surface area contributed by atoms with Crippen LogP contribution < -0.4 is 4.90 Å². The van der Waals surface area contributed by atoms with Gasteiger partial charge in [-0.05, 0) is 31.0 Å². The molecule has 3 aliphatic heterocycles. The van der Waals surface area contributed by atoms with Crippen molar-refractivity contribution in [1.82, 2.24) is 0 Å². The highest BCUT2D eigenvalue weighted by Crippen LogP contribution is 2.46. The van der Waals surface area contributed by atoms with E-state index in [1.807, 2.05) is 44.2 Å². The van der Waals surface area contributed by atoms with Crippen LogP contribution >= 0.6 is 0 Å². The normalized spacial score (nSPS) is 34.2. The maximum absolute atomic E-state index is 12.6. The fourth-order valence-corrected chi connectivity index (χ4v) is 3.50. The number of hydrogen-bond donors (Lipinski definition) is 0. The number of aryl methyl sites for hydroxylation is 2. The molecule has 4 unspecified atom stereocenters. The predicted octanol–water partition coefficient (Wildman–Crippen LogP) is 1.75. The van der Waals surface area contributed by atoms with Gasteiger partial charge in [-0.15, -0.1) is 0 Å². The van der Waals surface area contributed by atoms with Crippen LogP contribution in [0.1, 0.15) is 11.1 Å². The number of amides is 2. The van der Waals surface area contributed by atoms with Gasteiger partial charge in [-0.1, -0.05) is 24.3 Å². The minimum Gasteiger partial charge on any atom is -0.365 e. The Morgan fingerprint density at radius 1 is 1.00 bits per heavy atom. The minimum atomic E-state index is -0.336. The predicted molar refractivity (Wildman–Crippen MR) is 73.2 cm³/mol. The van der Waals surface area contributed by atoms with E-state index in [0.717, 1.165) is 11.1 Å². The van der Waals surface area contributed by atoms with Crippen LogP contribution in [0.5, 0.6) is 0 Å². The molecule has 4 heteroatoms. The summed E-state index contributed by atoms with van der Waals surface area (Å²) in [6.07, 6.45) is 3.36. The fourth-order valence-electron chi connectivity index (χ4n) is 3.50. The molecule has 2 amide bonds. The van der Waals surface area contributed by atoms with E-state index in [1.165, 1.54) is 4.90 Å². The molecule has 0 aliphatic carbocycles. The Morgan fingerprint density at radius 3 is 2.20 bits per heavy atom. The smallest absolute Gasteiger partial charge is 0.240 e. The van der Waals surface area contributed by atoms with Crippen molar-refractivity contribution in [3.8, 4) is 0 Å². The summed E-state index contributed by atoms with van der Waals surface area (Å²) in [7, 11) is 0. The summed E-state index contributed by atoms with van der Waals surface area (Å²) < 4.78 is 5.64. The number of hydrogen-bond acceptors (Lipinski definition) is 3. The topological polar surface area (TPSA) is 46.6 Å². The maximum Gasteiger partial charge on any atom is 0.240 e. The van der Waals surface area contributed by atoms with E-state index in [4.69, 9.17) is 4.74 Å². The first-order valence-electron chi connectivity index (χ1n) is 6.87. The van der Waals surface area contributed by atoms with Gasteiger partial charge in [-0.3, -0.25) is 9.59 Å². The minimum absolute atomic E-state index is 0.120. The first kappa shape index (κ1) is 11.9. The number of benzene rings is 1. The van der Waals surface area contributed by atoms with E-state index < -0.39 is 0 Å². The first-order chi connectivity index (χ1) is 9.58. The molecule has 4 rings (SSSR count). The van der Waals surface area contributed by atoms with Gasteiger partial charge in [-0.25, -0.2) is 4.90 Å². The Bertz CT molecular complexity index is 634. The summed E-state index contributed by atoms with van der Waals surface area (Å²) >= 11 is 0. The monoisotopic (exact) mass is 269 g/mol. The Morgan fingerprint density at radius 2 is 1.60 bits per heavy atom. The molecule has 2 bridgehead atoms. The first-order valence-corrected chi connectivity index (χ1v) is 6.87. The molecule has 0 radical (unpaired) electrons. The van der Waals surface area contributed by atoms with Gasteiger partial charge < -0.3 is 4.74 Å². The Labute approximate surface area is 117 Å². The summed E-state index contributed by atoms with van der Waals surface area (Å²) in [5.74, 6) is -0.911. The molecule has 1 aromatic rings. The van der Waals surface area contributed by atoms with Crippen molar-refractivity contribution < 1.29 is 14.3 Å². The molecule has 2 fully saturated rings. The lowest BCUT2D eigenvalue weighted by molar-refractivity contribution is -0.124. The molecule has 0 N–H and O–H groups in total. The van der Waals surface area contributed by atoms with E-state index in [9.17, 15) is 9.59 Å². The van der Waals surface area contributed by atoms with Crippen LogP contribution in [0.4, 0.5) is 5.69 Å². The average Bonchev–Trinajstić information content (AvgIpc) is 3.08. The Kier molecular flexibility index (Phi) is 2.25. The van der Waals surface area contributed by atoms with Crippen molar-refractivity contribution in [2.24, 2.45) is 11.8 Å². The van der Waals surface area contributed by atoms with Gasteiger partial charge in [0.15, 0.2) is 0 Å². The SMILES string of the molecule is Cc1ccc(C)c(N2C(=O)C3C4C=CC(O4)C3C2=O)c1. The van der Waals surface area contributed by atoms with E-state index in [-0.39, 0.29) is 35.9 Å². The number of carbonyl (C=O) groups excluding carboxylic acids is 2. The lowest BCUT2D eigenvalue weighted by atomic mass is 9.85. The second-order valence-electron chi connectivity index (χ2n) is 5.80. The molecule has 2 saturated heterocycles. The quantitative estimate of drug-likeness (QED) is 0.576. The van der Waals surface area contributed by atoms with Gasteiger partial charge in [0.25, 0.3) is 0 Å². The summed E-state index contributed by atoms with van der Waals surface area (Å²) in [6.45, 7) is 3.88. The van der Waals surface area contributed by atoms with Crippen LogP contribution in [0.3, 0.4) is 0 Å². The van der Waals surface area contributed by atoms with Crippen LogP contribution in [0.2, 0.25) is 0 Å². The summed E-state index contributed by atoms with van der Waals surface area (Å²) in [5, 5.41) is 0. The van der Waals surface area contributed by atoms with Gasteiger partial charge in [-0.2, -0.15) is 0 Å². The molecule has 4 atom stereocenters. The number of nitrogens with zero attached hydrogens (tertiary/aromatic N) is 1. The largest absolute Gasteiger partial charge is 0.365 e. The number of fused-ring (bicyclic) bond motifs is 5. The molecule has 0 saturated carbocycles. The van der Waals surface area contributed by atoms with Crippen LogP contribution in [0.15, 0.2) is 30.4 Å². The average molecular weight is 269 g/mol. The molecule has 102 valence electrons. The van der Waals surface area contributed by atoms with Crippen LogP contribution in [-0.2, 0) is 14.3 Å². The molecule has 0 aromatic heterocycles. The third kappa shape index (κ3) is 1.34. The second-order valence-corrected chi connectivity index (χ2v) is 5.80. The lowest BCUT2D eigenvalue weighted by Gasteiger charge is -2.20. The molecule has 0 spiro atoms. The van der Waals surface area contributed by atoms with Crippen LogP contribution in [-0.4, -0.2) is 24.0 Å².